The SMILES string of the molecule is Cc1ccc(C(=O)c2ccc(CN)cc2)cc1. The summed E-state index contributed by atoms with van der Waals surface area (Å²) < 4.78 is 0. The lowest BCUT2D eigenvalue weighted by Crippen LogP contribution is -2.02. The second kappa shape index (κ2) is 4.93. The van der Waals surface area contributed by atoms with Crippen LogP contribution in [0, 0.1) is 6.92 Å². The third-order valence-electron chi connectivity index (χ3n) is 2.77. The lowest BCUT2D eigenvalue weighted by Gasteiger charge is -2.03. The van der Waals surface area contributed by atoms with Crippen LogP contribution in [-0.4, -0.2) is 5.78 Å². The van der Waals surface area contributed by atoms with Crippen molar-refractivity contribution >= 4 is 5.78 Å². The summed E-state index contributed by atoms with van der Waals surface area (Å²) in [6, 6.07) is 15.0. The third-order valence-corrected chi connectivity index (χ3v) is 2.77. The molecule has 2 N–H and O–H groups in total. The molecule has 0 aliphatic carbocycles. The predicted molar refractivity (Wildman–Crippen MR) is 68.9 cm³/mol. The van der Waals surface area contributed by atoms with E-state index < -0.39 is 0 Å². The van der Waals surface area contributed by atoms with Gasteiger partial charge in [-0.2, -0.15) is 0 Å². The molecule has 0 aromatic heterocycles. The molecule has 0 saturated heterocycles. The molecule has 0 spiro atoms. The van der Waals surface area contributed by atoms with Gasteiger partial charge < -0.3 is 5.73 Å². The van der Waals surface area contributed by atoms with Crippen LogP contribution in [0.3, 0.4) is 0 Å². The molecule has 0 heterocycles. The topological polar surface area (TPSA) is 43.1 Å². The molecule has 0 radical (unpaired) electrons. The first-order chi connectivity index (χ1) is 8.20. The van der Waals surface area contributed by atoms with Crippen molar-refractivity contribution in [3.63, 3.8) is 0 Å². The van der Waals surface area contributed by atoms with E-state index in [1.807, 2.05) is 55.5 Å². The Labute approximate surface area is 101 Å². The van der Waals surface area contributed by atoms with Crippen LogP contribution in [0.1, 0.15) is 27.0 Å². The first-order valence-corrected chi connectivity index (χ1v) is 5.61. The predicted octanol–water partition coefficient (Wildman–Crippen LogP) is 2.68. The van der Waals surface area contributed by atoms with Crippen molar-refractivity contribution in [3.8, 4) is 0 Å². The van der Waals surface area contributed by atoms with Gasteiger partial charge in [-0.25, -0.2) is 0 Å². The summed E-state index contributed by atoms with van der Waals surface area (Å²) in [6.45, 7) is 2.50. The zero-order valence-corrected chi connectivity index (χ0v) is 9.81. The van der Waals surface area contributed by atoms with Crippen molar-refractivity contribution in [2.45, 2.75) is 13.5 Å². The monoisotopic (exact) mass is 225 g/mol. The van der Waals surface area contributed by atoms with E-state index in [-0.39, 0.29) is 5.78 Å². The third kappa shape index (κ3) is 2.60. The van der Waals surface area contributed by atoms with Gasteiger partial charge in [-0.1, -0.05) is 54.1 Å². The van der Waals surface area contributed by atoms with E-state index >= 15 is 0 Å². The van der Waals surface area contributed by atoms with Crippen LogP contribution in [0.4, 0.5) is 0 Å². The first kappa shape index (κ1) is 11.6. The number of carbonyl (C=O) groups is 1. The van der Waals surface area contributed by atoms with Gasteiger partial charge in [0.2, 0.25) is 0 Å². The summed E-state index contributed by atoms with van der Waals surface area (Å²) in [5.41, 5.74) is 9.12. The average Bonchev–Trinajstić information content (AvgIpc) is 2.39. The highest BCUT2D eigenvalue weighted by molar-refractivity contribution is 6.08. The lowest BCUT2D eigenvalue weighted by molar-refractivity contribution is 0.103. The zero-order valence-electron chi connectivity index (χ0n) is 9.81. The minimum Gasteiger partial charge on any atom is -0.326 e. The maximum Gasteiger partial charge on any atom is 0.193 e. The molecule has 2 rings (SSSR count). The van der Waals surface area contributed by atoms with Crippen molar-refractivity contribution in [3.05, 3.63) is 70.8 Å². The van der Waals surface area contributed by atoms with Crippen LogP contribution in [0.15, 0.2) is 48.5 Å². The Morgan fingerprint density at radius 1 is 0.941 bits per heavy atom. The Bertz CT molecular complexity index is 512. The molecule has 2 aromatic rings. The van der Waals surface area contributed by atoms with Crippen molar-refractivity contribution in [1.82, 2.24) is 0 Å². The quantitative estimate of drug-likeness (QED) is 0.816. The fraction of sp³-hybridized carbons (Fsp3) is 0.133. The number of aryl methyl sites for hydroxylation is 1. The molecule has 0 fully saturated rings. The molecule has 0 aliphatic rings. The van der Waals surface area contributed by atoms with Crippen molar-refractivity contribution in [1.29, 1.82) is 0 Å². The number of rotatable bonds is 3. The molecule has 0 saturated carbocycles. The second-order valence-corrected chi connectivity index (χ2v) is 4.10. The molecule has 2 heteroatoms. The van der Waals surface area contributed by atoms with E-state index in [1.165, 1.54) is 0 Å². The smallest absolute Gasteiger partial charge is 0.193 e. The second-order valence-electron chi connectivity index (χ2n) is 4.10. The zero-order chi connectivity index (χ0) is 12.3. The van der Waals surface area contributed by atoms with Crippen LogP contribution < -0.4 is 5.73 Å². The number of hydrogen-bond donors (Lipinski definition) is 1. The van der Waals surface area contributed by atoms with Gasteiger partial charge in [0.15, 0.2) is 5.78 Å². The molecular formula is C15H15NO. The van der Waals surface area contributed by atoms with Gasteiger partial charge >= 0.3 is 0 Å². The maximum atomic E-state index is 12.1. The van der Waals surface area contributed by atoms with Crippen molar-refractivity contribution in [2.75, 3.05) is 0 Å². The van der Waals surface area contributed by atoms with Crippen LogP contribution in [-0.2, 0) is 6.54 Å². The van der Waals surface area contributed by atoms with E-state index in [4.69, 9.17) is 5.73 Å². The van der Waals surface area contributed by atoms with Gasteiger partial charge in [-0.3, -0.25) is 4.79 Å². The Hall–Kier alpha value is -1.93. The summed E-state index contributed by atoms with van der Waals surface area (Å²) >= 11 is 0. The highest BCUT2D eigenvalue weighted by Gasteiger charge is 2.07. The lowest BCUT2D eigenvalue weighted by atomic mass is 10.0. The number of benzene rings is 2. The van der Waals surface area contributed by atoms with E-state index in [2.05, 4.69) is 0 Å². The fourth-order valence-electron chi connectivity index (χ4n) is 1.66. The summed E-state index contributed by atoms with van der Waals surface area (Å²) in [5, 5.41) is 0. The molecule has 17 heavy (non-hydrogen) atoms. The van der Waals surface area contributed by atoms with E-state index in [9.17, 15) is 4.79 Å². The van der Waals surface area contributed by atoms with Gasteiger partial charge in [0.05, 0.1) is 0 Å². The van der Waals surface area contributed by atoms with Crippen LogP contribution in [0.5, 0.6) is 0 Å². The number of nitrogens with two attached hydrogens (primary N) is 1. The summed E-state index contributed by atoms with van der Waals surface area (Å²) in [5.74, 6) is 0.0496. The average molecular weight is 225 g/mol. The molecule has 0 amide bonds. The Balaban J connectivity index is 2.27. The number of carbonyl (C=O) groups excluding carboxylic acids is 1. The number of hydrogen-bond acceptors (Lipinski definition) is 2. The van der Waals surface area contributed by atoms with E-state index in [0.717, 1.165) is 16.7 Å². The van der Waals surface area contributed by atoms with Crippen LogP contribution >= 0.6 is 0 Å². The first-order valence-electron chi connectivity index (χ1n) is 5.61. The largest absolute Gasteiger partial charge is 0.326 e. The van der Waals surface area contributed by atoms with E-state index in [1.54, 1.807) is 0 Å². The van der Waals surface area contributed by atoms with Gasteiger partial charge in [-0.05, 0) is 12.5 Å². The Morgan fingerprint density at radius 3 is 1.88 bits per heavy atom. The molecule has 0 unspecified atom stereocenters. The molecule has 86 valence electrons. The van der Waals surface area contributed by atoms with Gasteiger partial charge in [0.25, 0.3) is 0 Å². The number of ketones is 1. The maximum absolute atomic E-state index is 12.1. The van der Waals surface area contributed by atoms with Crippen LogP contribution in [0.25, 0.3) is 0 Å². The summed E-state index contributed by atoms with van der Waals surface area (Å²) in [6.07, 6.45) is 0. The summed E-state index contributed by atoms with van der Waals surface area (Å²) in [7, 11) is 0. The van der Waals surface area contributed by atoms with Gasteiger partial charge in [0.1, 0.15) is 0 Å². The minimum absolute atomic E-state index is 0.0496. The van der Waals surface area contributed by atoms with E-state index in [0.29, 0.717) is 12.1 Å². The molecular weight excluding hydrogens is 210 g/mol. The highest BCUT2D eigenvalue weighted by Crippen LogP contribution is 2.12. The minimum atomic E-state index is 0.0496. The molecule has 2 nitrogen and oxygen atoms in total. The molecule has 0 atom stereocenters. The fourth-order valence-corrected chi connectivity index (χ4v) is 1.66. The normalized spacial score (nSPS) is 10.2. The molecule has 0 aliphatic heterocycles. The molecule has 2 aromatic carbocycles. The highest BCUT2D eigenvalue weighted by atomic mass is 16.1. The van der Waals surface area contributed by atoms with Crippen molar-refractivity contribution < 1.29 is 4.79 Å². The Morgan fingerprint density at radius 2 is 1.41 bits per heavy atom. The van der Waals surface area contributed by atoms with Gasteiger partial charge in [0, 0.05) is 17.7 Å². The van der Waals surface area contributed by atoms with Gasteiger partial charge in [-0.15, -0.1) is 0 Å². The standard InChI is InChI=1S/C15H15NO/c1-11-2-6-13(7-3-11)15(17)14-8-4-12(10-16)5-9-14/h2-9H,10,16H2,1H3. The van der Waals surface area contributed by atoms with Crippen LogP contribution in [0.2, 0.25) is 0 Å². The molecule has 0 bridgehead atoms. The van der Waals surface area contributed by atoms with Crippen molar-refractivity contribution in [2.24, 2.45) is 5.73 Å². The Kier molecular flexibility index (Phi) is 3.35. The summed E-state index contributed by atoms with van der Waals surface area (Å²) in [4.78, 5) is 12.1.